The summed E-state index contributed by atoms with van der Waals surface area (Å²) in [5.74, 6) is -1.36. The molecule has 2 heterocycles. The van der Waals surface area contributed by atoms with E-state index in [9.17, 15) is 19.5 Å². The van der Waals surface area contributed by atoms with Crippen molar-refractivity contribution in [2.24, 2.45) is 0 Å². The molecule has 7 nitrogen and oxygen atoms in total. The van der Waals surface area contributed by atoms with Crippen molar-refractivity contribution in [3.63, 3.8) is 0 Å². The SMILES string of the molecule is CC1C(=O)NC(=O)CN1c1cc2c(cc1Cl)C(O)C(=O)N2. The van der Waals surface area contributed by atoms with Gasteiger partial charge in [0.15, 0.2) is 6.10 Å². The molecule has 0 saturated carbocycles. The molecular weight excluding hydrogens is 298 g/mol. The Kier molecular flexibility index (Phi) is 3.11. The number of hydrogen-bond donors (Lipinski definition) is 3. The quantitative estimate of drug-likeness (QED) is 0.643. The topological polar surface area (TPSA) is 98.7 Å². The third-order valence-corrected chi connectivity index (χ3v) is 3.96. The van der Waals surface area contributed by atoms with Crippen molar-refractivity contribution in [2.75, 3.05) is 16.8 Å². The molecule has 2 atom stereocenters. The molecule has 3 rings (SSSR count). The molecule has 1 saturated heterocycles. The lowest BCUT2D eigenvalue weighted by molar-refractivity contribution is -0.132. The van der Waals surface area contributed by atoms with Crippen LogP contribution in [0.4, 0.5) is 11.4 Å². The van der Waals surface area contributed by atoms with Crippen LogP contribution in [0.5, 0.6) is 0 Å². The number of imide groups is 1. The molecule has 0 bridgehead atoms. The maximum Gasteiger partial charge on any atom is 0.257 e. The Labute approximate surface area is 124 Å². The maximum atomic E-state index is 11.7. The van der Waals surface area contributed by atoms with Gasteiger partial charge in [-0.3, -0.25) is 19.7 Å². The minimum atomic E-state index is -1.25. The Balaban J connectivity index is 2.04. The molecule has 110 valence electrons. The highest BCUT2D eigenvalue weighted by Gasteiger charge is 2.34. The molecule has 0 aromatic heterocycles. The van der Waals surface area contributed by atoms with E-state index >= 15 is 0 Å². The van der Waals surface area contributed by atoms with Crippen LogP contribution in [0.1, 0.15) is 18.6 Å². The van der Waals surface area contributed by atoms with E-state index in [1.165, 1.54) is 6.07 Å². The number of amides is 3. The molecule has 3 N–H and O–H groups in total. The Hall–Kier alpha value is -2.12. The number of carbonyl (C=O) groups is 3. The average Bonchev–Trinajstić information content (AvgIpc) is 2.69. The molecule has 1 aromatic carbocycles. The van der Waals surface area contributed by atoms with E-state index < -0.39 is 29.9 Å². The zero-order valence-electron chi connectivity index (χ0n) is 11.0. The van der Waals surface area contributed by atoms with Gasteiger partial charge in [-0.25, -0.2) is 0 Å². The number of halogens is 1. The van der Waals surface area contributed by atoms with Crippen LogP contribution in [-0.2, 0) is 14.4 Å². The Morgan fingerprint density at radius 1 is 1.24 bits per heavy atom. The lowest BCUT2D eigenvalue weighted by Gasteiger charge is -2.34. The number of rotatable bonds is 1. The molecule has 8 heteroatoms. The van der Waals surface area contributed by atoms with E-state index in [2.05, 4.69) is 10.6 Å². The predicted molar refractivity (Wildman–Crippen MR) is 75.0 cm³/mol. The fourth-order valence-corrected chi connectivity index (χ4v) is 2.76. The van der Waals surface area contributed by atoms with E-state index in [4.69, 9.17) is 11.6 Å². The van der Waals surface area contributed by atoms with Gasteiger partial charge in [0.2, 0.25) is 11.8 Å². The molecule has 0 radical (unpaired) electrons. The standard InChI is InChI=1S/C13H12ClN3O4/c1-5-12(20)16-10(18)4-17(5)9-3-8-6(2-7(9)14)11(19)13(21)15-8/h2-3,5,11,19H,4H2,1H3,(H,15,21)(H,16,18,20). The van der Waals surface area contributed by atoms with E-state index in [1.807, 2.05) is 0 Å². The molecule has 21 heavy (non-hydrogen) atoms. The number of piperazine rings is 1. The van der Waals surface area contributed by atoms with Gasteiger partial charge in [-0.05, 0) is 19.1 Å². The third-order valence-electron chi connectivity index (χ3n) is 3.65. The second-order valence-electron chi connectivity index (χ2n) is 5.00. The first kappa shape index (κ1) is 13.8. The number of nitrogens with zero attached hydrogens (tertiary/aromatic N) is 1. The molecular formula is C13H12ClN3O4. The summed E-state index contributed by atoms with van der Waals surface area (Å²) in [6.07, 6.45) is -1.25. The number of anilines is 2. The van der Waals surface area contributed by atoms with Gasteiger partial charge in [0.1, 0.15) is 6.04 Å². The van der Waals surface area contributed by atoms with Gasteiger partial charge in [-0.1, -0.05) is 11.6 Å². The van der Waals surface area contributed by atoms with Crippen LogP contribution in [0.3, 0.4) is 0 Å². The molecule has 1 fully saturated rings. The lowest BCUT2D eigenvalue weighted by atomic mass is 10.1. The highest BCUT2D eigenvalue weighted by Crippen LogP contribution is 2.39. The van der Waals surface area contributed by atoms with E-state index in [1.54, 1.807) is 17.9 Å². The number of carbonyl (C=O) groups excluding carboxylic acids is 3. The van der Waals surface area contributed by atoms with Crippen molar-refractivity contribution in [1.82, 2.24) is 5.32 Å². The number of hydrogen-bond acceptors (Lipinski definition) is 5. The second kappa shape index (κ2) is 4.71. The molecule has 0 aliphatic carbocycles. The normalized spacial score (nSPS) is 24.7. The monoisotopic (exact) mass is 309 g/mol. The second-order valence-corrected chi connectivity index (χ2v) is 5.41. The van der Waals surface area contributed by atoms with Crippen molar-refractivity contribution in [1.29, 1.82) is 0 Å². The summed E-state index contributed by atoms with van der Waals surface area (Å²) in [6.45, 7) is 1.64. The number of benzene rings is 1. The highest BCUT2D eigenvalue weighted by molar-refractivity contribution is 6.34. The van der Waals surface area contributed by atoms with Crippen molar-refractivity contribution < 1.29 is 19.5 Å². The van der Waals surface area contributed by atoms with Gasteiger partial charge in [0.05, 0.1) is 17.3 Å². The van der Waals surface area contributed by atoms with Gasteiger partial charge < -0.3 is 15.3 Å². The lowest BCUT2D eigenvalue weighted by Crippen LogP contribution is -2.57. The Morgan fingerprint density at radius 3 is 2.67 bits per heavy atom. The molecule has 3 amide bonds. The van der Waals surface area contributed by atoms with E-state index in [-0.39, 0.29) is 11.6 Å². The van der Waals surface area contributed by atoms with Crippen LogP contribution in [0.15, 0.2) is 12.1 Å². The summed E-state index contributed by atoms with van der Waals surface area (Å²) >= 11 is 6.18. The predicted octanol–water partition coefficient (Wildman–Crippen LogP) is 0.177. The van der Waals surface area contributed by atoms with Crippen molar-refractivity contribution >= 4 is 40.7 Å². The molecule has 2 unspecified atom stereocenters. The summed E-state index contributed by atoms with van der Waals surface area (Å²) in [4.78, 5) is 36.3. The van der Waals surface area contributed by atoms with Crippen LogP contribution in [0.2, 0.25) is 5.02 Å². The first-order valence-electron chi connectivity index (χ1n) is 6.31. The van der Waals surface area contributed by atoms with E-state index in [0.717, 1.165) is 0 Å². The summed E-state index contributed by atoms with van der Waals surface area (Å²) in [5, 5.41) is 14.7. The van der Waals surface area contributed by atoms with Gasteiger partial charge in [-0.15, -0.1) is 0 Å². The molecule has 1 aromatic rings. The first-order valence-corrected chi connectivity index (χ1v) is 6.69. The smallest absolute Gasteiger partial charge is 0.257 e. The Morgan fingerprint density at radius 2 is 1.95 bits per heavy atom. The Bertz CT molecular complexity index is 676. The number of aliphatic hydroxyl groups excluding tert-OH is 1. The number of nitrogens with one attached hydrogen (secondary N) is 2. The van der Waals surface area contributed by atoms with E-state index in [0.29, 0.717) is 16.9 Å². The van der Waals surface area contributed by atoms with Crippen LogP contribution in [0.25, 0.3) is 0 Å². The third kappa shape index (κ3) is 2.14. The summed E-state index contributed by atoms with van der Waals surface area (Å²) in [5.41, 5.74) is 1.27. The largest absolute Gasteiger partial charge is 0.378 e. The van der Waals surface area contributed by atoms with Crippen LogP contribution < -0.4 is 15.5 Å². The van der Waals surface area contributed by atoms with Crippen molar-refractivity contribution in [3.8, 4) is 0 Å². The summed E-state index contributed by atoms with van der Waals surface area (Å²) in [7, 11) is 0. The first-order chi connectivity index (χ1) is 9.88. The number of fused-ring (bicyclic) bond motifs is 1. The number of aliphatic hydroxyl groups is 1. The van der Waals surface area contributed by atoms with Crippen LogP contribution in [0, 0.1) is 0 Å². The van der Waals surface area contributed by atoms with Crippen LogP contribution >= 0.6 is 11.6 Å². The van der Waals surface area contributed by atoms with Gasteiger partial charge in [-0.2, -0.15) is 0 Å². The minimum Gasteiger partial charge on any atom is -0.378 e. The zero-order valence-corrected chi connectivity index (χ0v) is 11.8. The minimum absolute atomic E-state index is 0.0120. The summed E-state index contributed by atoms with van der Waals surface area (Å²) in [6, 6.07) is 2.47. The fraction of sp³-hybridized carbons (Fsp3) is 0.308. The maximum absolute atomic E-state index is 11.7. The molecule has 0 spiro atoms. The van der Waals surface area contributed by atoms with Crippen molar-refractivity contribution in [3.05, 3.63) is 22.7 Å². The summed E-state index contributed by atoms with van der Waals surface area (Å²) < 4.78 is 0. The van der Waals surface area contributed by atoms with Crippen LogP contribution in [-0.4, -0.2) is 35.4 Å². The van der Waals surface area contributed by atoms with Gasteiger partial charge in [0.25, 0.3) is 5.91 Å². The average molecular weight is 310 g/mol. The van der Waals surface area contributed by atoms with Gasteiger partial charge >= 0.3 is 0 Å². The zero-order chi connectivity index (χ0) is 15.3. The fourth-order valence-electron chi connectivity index (χ4n) is 2.48. The van der Waals surface area contributed by atoms with Crippen molar-refractivity contribution in [2.45, 2.75) is 19.1 Å². The highest BCUT2D eigenvalue weighted by atomic mass is 35.5. The molecule has 2 aliphatic rings. The molecule has 2 aliphatic heterocycles. The van der Waals surface area contributed by atoms with Gasteiger partial charge in [0, 0.05) is 11.3 Å².